The minimum absolute atomic E-state index is 0.144. The molecule has 6 nitrogen and oxygen atoms in total. The van der Waals surface area contributed by atoms with Crippen molar-refractivity contribution < 1.29 is 4.79 Å². The predicted molar refractivity (Wildman–Crippen MR) is 79.0 cm³/mol. The van der Waals surface area contributed by atoms with Gasteiger partial charge in [0.25, 0.3) is 5.91 Å². The number of nitrogens with zero attached hydrogens (tertiary/aromatic N) is 3. The summed E-state index contributed by atoms with van der Waals surface area (Å²) in [5.74, 6) is 0.234. The van der Waals surface area contributed by atoms with Gasteiger partial charge >= 0.3 is 0 Å². The first-order valence-electron chi connectivity index (χ1n) is 7.25. The molecule has 1 amide bonds. The summed E-state index contributed by atoms with van der Waals surface area (Å²) < 4.78 is 1.71. The van der Waals surface area contributed by atoms with Crippen LogP contribution in [-0.2, 0) is 0 Å². The predicted octanol–water partition coefficient (Wildman–Crippen LogP) is 1.12. The van der Waals surface area contributed by atoms with Crippen LogP contribution in [0, 0.1) is 5.92 Å². The molecule has 1 fully saturated rings. The van der Waals surface area contributed by atoms with E-state index in [4.69, 9.17) is 5.73 Å². The quantitative estimate of drug-likeness (QED) is 0.881. The third kappa shape index (κ3) is 2.95. The number of amides is 1. The van der Waals surface area contributed by atoms with Gasteiger partial charge < -0.3 is 11.1 Å². The highest BCUT2D eigenvalue weighted by molar-refractivity contribution is 5.93. The number of hydrogen-bond acceptors (Lipinski definition) is 4. The third-order valence-corrected chi connectivity index (χ3v) is 4.02. The maximum absolute atomic E-state index is 12.3. The molecule has 0 aliphatic heterocycles. The molecule has 2 unspecified atom stereocenters. The number of nitrogens with two attached hydrogens (primary N) is 1. The monoisotopic (exact) mass is 285 g/mol. The number of rotatable bonds is 4. The lowest BCUT2D eigenvalue weighted by atomic mass is 10.0. The molecule has 3 N–H and O–H groups in total. The lowest BCUT2D eigenvalue weighted by Crippen LogP contribution is -2.40. The molecular weight excluding hydrogens is 266 g/mol. The third-order valence-electron chi connectivity index (χ3n) is 4.02. The van der Waals surface area contributed by atoms with Gasteiger partial charge in [-0.25, -0.2) is 4.68 Å². The molecule has 0 saturated heterocycles. The molecule has 2 aromatic heterocycles. The molecule has 1 aliphatic rings. The number of nitrogens with one attached hydrogen (secondary N) is 1. The number of hydrogen-bond donors (Lipinski definition) is 2. The lowest BCUT2D eigenvalue weighted by molar-refractivity contribution is 0.0923. The van der Waals surface area contributed by atoms with Gasteiger partial charge in [0.05, 0.1) is 5.69 Å². The van der Waals surface area contributed by atoms with Crippen molar-refractivity contribution in [3.05, 3.63) is 42.5 Å². The van der Waals surface area contributed by atoms with E-state index in [1.54, 1.807) is 23.1 Å². The number of carbonyl (C=O) groups excluding carboxylic acids is 1. The highest BCUT2D eigenvalue weighted by atomic mass is 16.1. The van der Waals surface area contributed by atoms with Crippen molar-refractivity contribution in [2.45, 2.75) is 25.3 Å². The fraction of sp³-hybridized carbons (Fsp3) is 0.400. The van der Waals surface area contributed by atoms with Gasteiger partial charge in [-0.3, -0.25) is 9.78 Å². The van der Waals surface area contributed by atoms with Gasteiger partial charge in [0, 0.05) is 24.6 Å². The van der Waals surface area contributed by atoms with E-state index in [1.807, 2.05) is 18.3 Å². The van der Waals surface area contributed by atoms with Crippen LogP contribution in [0.1, 0.15) is 29.8 Å². The normalized spacial score (nSPS) is 21.4. The first-order chi connectivity index (χ1) is 10.3. The summed E-state index contributed by atoms with van der Waals surface area (Å²) in [5.41, 5.74) is 6.98. The van der Waals surface area contributed by atoms with Crippen LogP contribution >= 0.6 is 0 Å². The Hall–Kier alpha value is -2.21. The second kappa shape index (κ2) is 6.05. The summed E-state index contributed by atoms with van der Waals surface area (Å²) in [6.45, 7) is 0.617. The Labute approximate surface area is 123 Å². The maximum atomic E-state index is 12.3. The Morgan fingerprint density at radius 1 is 1.43 bits per heavy atom. The van der Waals surface area contributed by atoms with Gasteiger partial charge in [-0.05, 0) is 43.5 Å². The summed E-state index contributed by atoms with van der Waals surface area (Å²) in [4.78, 5) is 16.5. The van der Waals surface area contributed by atoms with Crippen molar-refractivity contribution >= 4 is 5.91 Å². The molecule has 1 aliphatic carbocycles. The first kappa shape index (κ1) is 13.8. The zero-order chi connectivity index (χ0) is 14.7. The molecular formula is C15H19N5O. The van der Waals surface area contributed by atoms with E-state index >= 15 is 0 Å². The molecule has 1 saturated carbocycles. The highest BCUT2D eigenvalue weighted by Crippen LogP contribution is 2.24. The van der Waals surface area contributed by atoms with Gasteiger partial charge in [0.2, 0.25) is 0 Å². The van der Waals surface area contributed by atoms with Crippen LogP contribution in [0.2, 0.25) is 0 Å². The van der Waals surface area contributed by atoms with Crippen molar-refractivity contribution in [1.29, 1.82) is 0 Å². The first-order valence-corrected chi connectivity index (χ1v) is 7.25. The van der Waals surface area contributed by atoms with E-state index in [9.17, 15) is 4.79 Å². The van der Waals surface area contributed by atoms with Gasteiger partial charge in [0.1, 0.15) is 5.69 Å². The second-order valence-corrected chi connectivity index (χ2v) is 5.36. The summed E-state index contributed by atoms with van der Waals surface area (Å²) in [6.07, 6.45) is 8.35. The second-order valence-electron chi connectivity index (χ2n) is 5.36. The Balaban J connectivity index is 1.74. The lowest BCUT2D eigenvalue weighted by Gasteiger charge is -2.19. The minimum atomic E-state index is -0.144. The molecule has 2 aromatic rings. The van der Waals surface area contributed by atoms with Gasteiger partial charge in [0.15, 0.2) is 0 Å². The highest BCUT2D eigenvalue weighted by Gasteiger charge is 2.27. The van der Waals surface area contributed by atoms with Gasteiger partial charge in [-0.1, -0.05) is 6.42 Å². The van der Waals surface area contributed by atoms with E-state index in [-0.39, 0.29) is 11.9 Å². The van der Waals surface area contributed by atoms with Gasteiger partial charge in [-0.2, -0.15) is 5.10 Å². The number of aromatic nitrogens is 3. The van der Waals surface area contributed by atoms with Crippen LogP contribution < -0.4 is 11.1 Å². The topological polar surface area (TPSA) is 85.8 Å². The average molecular weight is 285 g/mol. The van der Waals surface area contributed by atoms with Gasteiger partial charge in [-0.15, -0.1) is 0 Å². The molecule has 0 spiro atoms. The van der Waals surface area contributed by atoms with Crippen LogP contribution in [0.15, 0.2) is 36.8 Å². The Kier molecular flexibility index (Phi) is 3.96. The molecule has 2 heterocycles. The molecule has 6 heteroatoms. The van der Waals surface area contributed by atoms with E-state index in [1.165, 1.54) is 0 Å². The van der Waals surface area contributed by atoms with Crippen LogP contribution in [0.25, 0.3) is 5.69 Å². The van der Waals surface area contributed by atoms with Crippen LogP contribution in [0.3, 0.4) is 0 Å². The van der Waals surface area contributed by atoms with Crippen molar-refractivity contribution in [2.24, 2.45) is 11.7 Å². The molecule has 110 valence electrons. The number of carbonyl (C=O) groups is 1. The Bertz CT molecular complexity index is 610. The Morgan fingerprint density at radius 3 is 3.10 bits per heavy atom. The van der Waals surface area contributed by atoms with Crippen molar-refractivity contribution in [3.8, 4) is 5.69 Å². The SMILES string of the molecule is NCC1CCCC1NC(=O)c1cc(-n2cccn2)ccn1. The van der Waals surface area contributed by atoms with Crippen LogP contribution in [0.5, 0.6) is 0 Å². The molecule has 0 aromatic carbocycles. The van der Waals surface area contributed by atoms with Crippen LogP contribution in [-0.4, -0.2) is 33.3 Å². The standard InChI is InChI=1S/C15H19N5O/c16-10-11-3-1-4-13(11)19-15(21)14-9-12(5-7-17-14)20-8-2-6-18-20/h2,5-9,11,13H,1,3-4,10,16H2,(H,19,21). The van der Waals surface area contributed by atoms with E-state index in [2.05, 4.69) is 15.4 Å². The minimum Gasteiger partial charge on any atom is -0.348 e. The van der Waals surface area contributed by atoms with E-state index in [0.29, 0.717) is 18.2 Å². The fourth-order valence-electron chi connectivity index (χ4n) is 2.86. The van der Waals surface area contributed by atoms with E-state index in [0.717, 1.165) is 24.9 Å². The zero-order valence-electron chi connectivity index (χ0n) is 11.8. The molecule has 0 bridgehead atoms. The largest absolute Gasteiger partial charge is 0.348 e. The van der Waals surface area contributed by atoms with Crippen molar-refractivity contribution in [3.63, 3.8) is 0 Å². The molecule has 2 atom stereocenters. The fourth-order valence-corrected chi connectivity index (χ4v) is 2.86. The summed E-state index contributed by atoms with van der Waals surface area (Å²) in [5, 5.41) is 7.21. The zero-order valence-corrected chi connectivity index (χ0v) is 11.8. The maximum Gasteiger partial charge on any atom is 0.270 e. The van der Waals surface area contributed by atoms with E-state index < -0.39 is 0 Å². The van der Waals surface area contributed by atoms with Crippen molar-refractivity contribution in [1.82, 2.24) is 20.1 Å². The van der Waals surface area contributed by atoms with Crippen LogP contribution in [0.4, 0.5) is 0 Å². The summed E-state index contributed by atoms with van der Waals surface area (Å²) >= 11 is 0. The molecule has 0 radical (unpaired) electrons. The van der Waals surface area contributed by atoms with Crippen molar-refractivity contribution in [2.75, 3.05) is 6.54 Å². The molecule has 3 rings (SSSR count). The smallest absolute Gasteiger partial charge is 0.270 e. The molecule has 21 heavy (non-hydrogen) atoms. The average Bonchev–Trinajstić information content (AvgIpc) is 3.18. The number of pyridine rings is 1. The summed E-state index contributed by atoms with van der Waals surface area (Å²) in [6, 6.07) is 5.57. The Morgan fingerprint density at radius 2 is 2.33 bits per heavy atom. The summed E-state index contributed by atoms with van der Waals surface area (Å²) in [7, 11) is 0.